The van der Waals surface area contributed by atoms with Crippen molar-refractivity contribution >= 4 is 17.8 Å². The van der Waals surface area contributed by atoms with Gasteiger partial charge in [-0.3, -0.25) is 0 Å². The summed E-state index contributed by atoms with van der Waals surface area (Å²) in [5, 5.41) is 6.56. The van der Waals surface area contributed by atoms with Crippen molar-refractivity contribution in [1.82, 2.24) is 10.1 Å². The first-order valence-electron chi connectivity index (χ1n) is 11.0. The maximum atomic E-state index is 12.5. The number of aromatic nitrogens is 1. The van der Waals surface area contributed by atoms with Crippen LogP contribution in [0.3, 0.4) is 0 Å². The zero-order valence-electron chi connectivity index (χ0n) is 18.6. The Morgan fingerprint density at radius 1 is 1.19 bits per heavy atom. The van der Waals surface area contributed by atoms with E-state index in [2.05, 4.69) is 59.9 Å². The van der Waals surface area contributed by atoms with Crippen LogP contribution in [0.4, 0.5) is 10.5 Å². The van der Waals surface area contributed by atoms with Crippen LogP contribution in [0.15, 0.2) is 70.9 Å². The first kappa shape index (κ1) is 21.7. The molecule has 1 atom stereocenters. The normalized spacial score (nSPS) is 14.7. The molecule has 1 fully saturated rings. The number of likely N-dealkylation sites (tertiary alicyclic amines) is 1. The van der Waals surface area contributed by atoms with Crippen LogP contribution in [0.5, 0.6) is 5.75 Å². The molecule has 1 N–H and O–H groups in total. The fourth-order valence-electron chi connectivity index (χ4n) is 3.89. The molecule has 2 aromatic carbocycles. The first-order valence-corrected chi connectivity index (χ1v) is 11.0. The quantitative estimate of drug-likeness (QED) is 0.543. The molecule has 0 aliphatic carbocycles. The van der Waals surface area contributed by atoms with Crippen LogP contribution in [-0.4, -0.2) is 35.3 Å². The highest BCUT2D eigenvalue weighted by molar-refractivity contribution is 5.89. The number of amides is 2. The Morgan fingerprint density at radius 3 is 2.69 bits per heavy atom. The molecule has 2 heterocycles. The lowest BCUT2D eigenvalue weighted by Crippen LogP contribution is -2.39. The van der Waals surface area contributed by atoms with Crippen molar-refractivity contribution < 1.29 is 14.1 Å². The van der Waals surface area contributed by atoms with Crippen molar-refractivity contribution in [3.05, 3.63) is 83.3 Å². The second-order valence-electron chi connectivity index (χ2n) is 8.21. The number of ether oxygens (including phenoxy) is 1. The highest BCUT2D eigenvalue weighted by atomic mass is 16.5. The molecule has 3 aromatic rings. The average Bonchev–Trinajstić information content (AvgIpc) is 3.19. The SMILES string of the molecule is Cc1oncc1NC(=O)N1CCC(=Cc2cccc(OC(C)Cc3ccccc3)c2)CC1. The molecular formula is C26H29N3O3. The molecule has 0 spiro atoms. The average molecular weight is 432 g/mol. The van der Waals surface area contributed by atoms with Crippen molar-refractivity contribution in [1.29, 1.82) is 0 Å². The molecule has 6 heteroatoms. The summed E-state index contributed by atoms with van der Waals surface area (Å²) in [5.41, 5.74) is 4.36. The Bertz CT molecular complexity index is 1060. The summed E-state index contributed by atoms with van der Waals surface area (Å²) >= 11 is 0. The topological polar surface area (TPSA) is 67.6 Å². The molecule has 6 nitrogen and oxygen atoms in total. The van der Waals surface area contributed by atoms with Gasteiger partial charge >= 0.3 is 6.03 Å². The maximum Gasteiger partial charge on any atom is 0.322 e. The van der Waals surface area contributed by atoms with E-state index in [4.69, 9.17) is 9.26 Å². The zero-order chi connectivity index (χ0) is 22.3. The Kier molecular flexibility index (Phi) is 6.90. The summed E-state index contributed by atoms with van der Waals surface area (Å²) in [6.45, 7) is 5.25. The summed E-state index contributed by atoms with van der Waals surface area (Å²) in [4.78, 5) is 14.3. The molecule has 1 unspecified atom stereocenters. The number of nitrogens with zero attached hydrogens (tertiary/aromatic N) is 2. The van der Waals surface area contributed by atoms with E-state index < -0.39 is 0 Å². The monoisotopic (exact) mass is 431 g/mol. The number of aryl methyl sites for hydroxylation is 1. The van der Waals surface area contributed by atoms with Crippen molar-refractivity contribution in [2.24, 2.45) is 0 Å². The number of benzene rings is 2. The minimum absolute atomic E-state index is 0.0936. The summed E-state index contributed by atoms with van der Waals surface area (Å²) in [6, 6.07) is 18.5. The van der Waals surface area contributed by atoms with E-state index in [1.807, 2.05) is 23.1 Å². The molecule has 0 radical (unpaired) electrons. The Hall–Kier alpha value is -3.54. The van der Waals surface area contributed by atoms with Crippen LogP contribution in [-0.2, 0) is 6.42 Å². The van der Waals surface area contributed by atoms with Gasteiger partial charge < -0.3 is 19.5 Å². The molecule has 2 amide bonds. The molecule has 1 aromatic heterocycles. The molecule has 166 valence electrons. The van der Waals surface area contributed by atoms with Gasteiger partial charge in [-0.1, -0.05) is 59.3 Å². The van der Waals surface area contributed by atoms with Crippen LogP contribution in [0.25, 0.3) is 6.08 Å². The van der Waals surface area contributed by atoms with Gasteiger partial charge in [0.15, 0.2) is 5.76 Å². The number of anilines is 1. The van der Waals surface area contributed by atoms with Gasteiger partial charge in [-0.05, 0) is 49.9 Å². The van der Waals surface area contributed by atoms with Crippen molar-refractivity contribution in [2.45, 2.75) is 39.2 Å². The predicted molar refractivity (Wildman–Crippen MR) is 126 cm³/mol. The lowest BCUT2D eigenvalue weighted by Gasteiger charge is -2.28. The van der Waals surface area contributed by atoms with Crippen molar-refractivity contribution in [2.75, 3.05) is 18.4 Å². The largest absolute Gasteiger partial charge is 0.490 e. The van der Waals surface area contributed by atoms with Crippen LogP contribution >= 0.6 is 0 Å². The Balaban J connectivity index is 1.31. The predicted octanol–water partition coefficient (Wildman–Crippen LogP) is 5.70. The lowest BCUT2D eigenvalue weighted by atomic mass is 10.0. The fraction of sp³-hybridized carbons (Fsp3) is 0.308. The molecule has 1 aliphatic heterocycles. The fourth-order valence-corrected chi connectivity index (χ4v) is 3.89. The second kappa shape index (κ2) is 10.2. The summed E-state index contributed by atoms with van der Waals surface area (Å²) < 4.78 is 11.1. The van der Waals surface area contributed by atoms with E-state index >= 15 is 0 Å². The van der Waals surface area contributed by atoms with Crippen LogP contribution in [0.2, 0.25) is 0 Å². The van der Waals surface area contributed by atoms with E-state index in [1.54, 1.807) is 6.92 Å². The molecule has 4 rings (SSSR count). The summed E-state index contributed by atoms with van der Waals surface area (Å²) in [5.74, 6) is 1.49. The number of rotatable bonds is 6. The van der Waals surface area contributed by atoms with Gasteiger partial charge in [-0.15, -0.1) is 0 Å². The molecule has 1 aliphatic rings. The van der Waals surface area contributed by atoms with Gasteiger partial charge in [0, 0.05) is 19.5 Å². The van der Waals surface area contributed by atoms with Gasteiger partial charge in [-0.25, -0.2) is 4.79 Å². The zero-order valence-corrected chi connectivity index (χ0v) is 18.6. The van der Waals surface area contributed by atoms with Gasteiger partial charge in [0.25, 0.3) is 0 Å². The third kappa shape index (κ3) is 5.78. The molecule has 1 saturated heterocycles. The highest BCUT2D eigenvalue weighted by Gasteiger charge is 2.20. The summed E-state index contributed by atoms with van der Waals surface area (Å²) in [6.07, 6.45) is 6.41. The van der Waals surface area contributed by atoms with Gasteiger partial charge in [0.05, 0.1) is 12.3 Å². The number of piperidine rings is 1. The Morgan fingerprint density at radius 2 is 1.97 bits per heavy atom. The molecular weight excluding hydrogens is 402 g/mol. The van der Waals surface area contributed by atoms with Crippen molar-refractivity contribution in [3.63, 3.8) is 0 Å². The minimum Gasteiger partial charge on any atom is -0.490 e. The van der Waals surface area contributed by atoms with E-state index in [0.717, 1.165) is 30.6 Å². The first-order chi connectivity index (χ1) is 15.6. The number of carbonyl (C=O) groups excluding carboxylic acids is 1. The summed E-state index contributed by atoms with van der Waals surface area (Å²) in [7, 11) is 0. The highest BCUT2D eigenvalue weighted by Crippen LogP contribution is 2.23. The second-order valence-corrected chi connectivity index (χ2v) is 8.21. The maximum absolute atomic E-state index is 12.5. The van der Waals surface area contributed by atoms with E-state index in [0.29, 0.717) is 24.5 Å². The Labute approximate surface area is 188 Å². The molecule has 0 bridgehead atoms. The lowest BCUT2D eigenvalue weighted by molar-refractivity contribution is 0.207. The number of hydrogen-bond donors (Lipinski definition) is 1. The van der Waals surface area contributed by atoms with Crippen LogP contribution in [0.1, 0.15) is 36.7 Å². The van der Waals surface area contributed by atoms with Gasteiger partial charge in [-0.2, -0.15) is 0 Å². The number of hydrogen-bond acceptors (Lipinski definition) is 4. The van der Waals surface area contributed by atoms with Crippen molar-refractivity contribution in [3.8, 4) is 5.75 Å². The van der Waals surface area contributed by atoms with E-state index in [9.17, 15) is 4.79 Å². The van der Waals surface area contributed by atoms with Gasteiger partial charge in [0.2, 0.25) is 0 Å². The number of urea groups is 1. The third-order valence-corrected chi connectivity index (χ3v) is 5.62. The number of carbonyl (C=O) groups is 1. The van der Waals surface area contributed by atoms with Crippen LogP contribution < -0.4 is 10.1 Å². The standard InChI is InChI=1S/C26H29N3O3/c1-19(15-21-7-4-3-5-8-21)31-24-10-6-9-23(17-24)16-22-11-13-29(14-12-22)26(30)28-25-18-27-32-20(25)2/h3-10,16-19H,11-15H2,1-2H3,(H,28,30). The molecule has 32 heavy (non-hydrogen) atoms. The van der Waals surface area contributed by atoms with E-state index in [-0.39, 0.29) is 12.1 Å². The molecule has 0 saturated carbocycles. The van der Waals surface area contributed by atoms with Gasteiger partial charge in [0.1, 0.15) is 11.4 Å². The minimum atomic E-state index is -0.113. The third-order valence-electron chi connectivity index (χ3n) is 5.62. The van der Waals surface area contributed by atoms with E-state index in [1.165, 1.54) is 17.3 Å². The smallest absolute Gasteiger partial charge is 0.322 e. The van der Waals surface area contributed by atoms with Crippen LogP contribution in [0, 0.1) is 6.92 Å². The number of nitrogens with one attached hydrogen (secondary N) is 1.